The van der Waals surface area contributed by atoms with Crippen LogP contribution in [0, 0.1) is 10.1 Å². The molecule has 0 aliphatic carbocycles. The number of nitro groups is 1. The van der Waals surface area contributed by atoms with Gasteiger partial charge in [-0.15, -0.1) is 10.2 Å². The quantitative estimate of drug-likeness (QED) is 0.666. The third kappa shape index (κ3) is 2.56. The van der Waals surface area contributed by atoms with Gasteiger partial charge in [-0.3, -0.25) is 10.1 Å². The second-order valence-electron chi connectivity index (χ2n) is 3.25. The van der Waals surface area contributed by atoms with Gasteiger partial charge in [-0.2, -0.15) is 0 Å². The zero-order chi connectivity index (χ0) is 12.3. The van der Waals surface area contributed by atoms with E-state index in [1.807, 2.05) is 6.92 Å². The molecule has 1 aromatic carbocycles. The molecule has 0 aliphatic rings. The van der Waals surface area contributed by atoms with Crippen LogP contribution in [0.5, 0.6) is 0 Å². The summed E-state index contributed by atoms with van der Waals surface area (Å²) in [4.78, 5) is 10.2. The van der Waals surface area contributed by atoms with E-state index < -0.39 is 4.92 Å². The summed E-state index contributed by atoms with van der Waals surface area (Å²) in [5, 5.41) is 23.0. The molecule has 0 saturated heterocycles. The van der Waals surface area contributed by atoms with E-state index in [4.69, 9.17) is 0 Å². The Hall–Kier alpha value is -2.02. The van der Waals surface area contributed by atoms with Crippen molar-refractivity contribution in [3.63, 3.8) is 0 Å². The highest BCUT2D eigenvalue weighted by Crippen LogP contribution is 2.28. The van der Waals surface area contributed by atoms with Crippen LogP contribution in [0.1, 0.15) is 6.92 Å². The molecule has 17 heavy (non-hydrogen) atoms. The van der Waals surface area contributed by atoms with Crippen LogP contribution in [0.15, 0.2) is 24.3 Å². The summed E-state index contributed by atoms with van der Waals surface area (Å²) in [6, 6.07) is 6.37. The Morgan fingerprint density at radius 1 is 1.47 bits per heavy atom. The number of hydrogen-bond donors (Lipinski definition) is 1. The van der Waals surface area contributed by atoms with Crippen LogP contribution in [-0.4, -0.2) is 21.7 Å². The molecule has 0 unspecified atom stereocenters. The lowest BCUT2D eigenvalue weighted by atomic mass is 10.2. The third-order valence-corrected chi connectivity index (χ3v) is 2.99. The summed E-state index contributed by atoms with van der Waals surface area (Å²) in [6.45, 7) is 2.73. The number of benzene rings is 1. The van der Waals surface area contributed by atoms with Crippen molar-refractivity contribution in [2.24, 2.45) is 0 Å². The normalized spacial score (nSPS) is 10.2. The molecule has 1 N–H and O–H groups in total. The number of nitrogens with zero attached hydrogens (tertiary/aromatic N) is 3. The predicted octanol–water partition coefficient (Wildman–Crippen LogP) is 2.55. The van der Waals surface area contributed by atoms with Gasteiger partial charge >= 0.3 is 0 Å². The van der Waals surface area contributed by atoms with Crippen LogP contribution in [0.2, 0.25) is 0 Å². The minimum Gasteiger partial charge on any atom is -0.360 e. The first-order chi connectivity index (χ1) is 8.20. The molecule has 0 radical (unpaired) electrons. The van der Waals surface area contributed by atoms with E-state index in [9.17, 15) is 10.1 Å². The average Bonchev–Trinajstić information content (AvgIpc) is 2.78. The number of anilines is 1. The summed E-state index contributed by atoms with van der Waals surface area (Å²) in [5.74, 6) is 0. The summed E-state index contributed by atoms with van der Waals surface area (Å²) in [5.41, 5.74) is 0.767. The van der Waals surface area contributed by atoms with Crippen LogP contribution in [0.25, 0.3) is 10.6 Å². The van der Waals surface area contributed by atoms with Crippen LogP contribution in [0.3, 0.4) is 0 Å². The van der Waals surface area contributed by atoms with Gasteiger partial charge in [-0.25, -0.2) is 0 Å². The Morgan fingerprint density at radius 3 is 3.00 bits per heavy atom. The predicted molar refractivity (Wildman–Crippen MR) is 66.2 cm³/mol. The van der Waals surface area contributed by atoms with Crippen molar-refractivity contribution in [2.45, 2.75) is 6.92 Å². The van der Waals surface area contributed by atoms with Gasteiger partial charge in [-0.05, 0) is 6.92 Å². The molecule has 0 fully saturated rings. The third-order valence-electron chi connectivity index (χ3n) is 2.06. The van der Waals surface area contributed by atoms with Gasteiger partial charge in [0.1, 0.15) is 5.01 Å². The van der Waals surface area contributed by atoms with Crippen molar-refractivity contribution in [3.05, 3.63) is 34.4 Å². The van der Waals surface area contributed by atoms with E-state index in [0.29, 0.717) is 15.7 Å². The minimum absolute atomic E-state index is 0.0581. The Balaban J connectivity index is 2.32. The molecule has 7 heteroatoms. The molecule has 1 aromatic heterocycles. The van der Waals surface area contributed by atoms with E-state index in [0.717, 1.165) is 6.54 Å². The maximum absolute atomic E-state index is 10.7. The van der Waals surface area contributed by atoms with Crippen molar-refractivity contribution >= 4 is 22.2 Å². The lowest BCUT2D eigenvalue weighted by Crippen LogP contribution is -1.94. The summed E-state index contributed by atoms with van der Waals surface area (Å²) < 4.78 is 0. The first-order valence-corrected chi connectivity index (χ1v) is 5.84. The number of non-ortho nitro benzene ring substituents is 1. The van der Waals surface area contributed by atoms with Crippen molar-refractivity contribution in [2.75, 3.05) is 11.9 Å². The smallest absolute Gasteiger partial charge is 0.270 e. The van der Waals surface area contributed by atoms with Gasteiger partial charge in [0.25, 0.3) is 5.69 Å². The lowest BCUT2D eigenvalue weighted by Gasteiger charge is -1.95. The highest BCUT2D eigenvalue weighted by atomic mass is 32.1. The van der Waals surface area contributed by atoms with Crippen LogP contribution >= 0.6 is 11.3 Å². The molecule has 2 rings (SSSR count). The number of nitrogens with one attached hydrogen (secondary N) is 1. The minimum atomic E-state index is -0.421. The highest BCUT2D eigenvalue weighted by Gasteiger charge is 2.10. The van der Waals surface area contributed by atoms with Crippen molar-refractivity contribution < 1.29 is 4.92 Å². The first kappa shape index (κ1) is 11.5. The zero-order valence-corrected chi connectivity index (χ0v) is 9.90. The topological polar surface area (TPSA) is 81.0 Å². The summed E-state index contributed by atoms with van der Waals surface area (Å²) >= 11 is 1.38. The van der Waals surface area contributed by atoms with Gasteiger partial charge < -0.3 is 5.32 Å². The second kappa shape index (κ2) is 4.88. The van der Waals surface area contributed by atoms with E-state index in [1.54, 1.807) is 12.1 Å². The largest absolute Gasteiger partial charge is 0.360 e. The molecule has 0 aliphatic heterocycles. The summed E-state index contributed by atoms with van der Waals surface area (Å²) in [7, 11) is 0. The van der Waals surface area contributed by atoms with E-state index in [2.05, 4.69) is 15.5 Å². The van der Waals surface area contributed by atoms with E-state index in [-0.39, 0.29) is 5.69 Å². The monoisotopic (exact) mass is 250 g/mol. The fraction of sp³-hybridized carbons (Fsp3) is 0.200. The number of aromatic nitrogens is 2. The lowest BCUT2D eigenvalue weighted by molar-refractivity contribution is -0.384. The summed E-state index contributed by atoms with van der Waals surface area (Å²) in [6.07, 6.45) is 0. The molecule has 0 amide bonds. The molecular formula is C10H10N4O2S. The molecule has 0 spiro atoms. The van der Waals surface area contributed by atoms with Gasteiger partial charge in [0.15, 0.2) is 0 Å². The van der Waals surface area contributed by atoms with Crippen molar-refractivity contribution in [3.8, 4) is 10.6 Å². The molecule has 1 heterocycles. The Kier molecular flexibility index (Phi) is 3.29. The Bertz CT molecular complexity index is 541. The Labute approximate surface area is 101 Å². The maximum Gasteiger partial charge on any atom is 0.270 e. The second-order valence-corrected chi connectivity index (χ2v) is 4.23. The molecular weight excluding hydrogens is 240 g/mol. The van der Waals surface area contributed by atoms with E-state index in [1.165, 1.54) is 23.5 Å². The molecule has 88 valence electrons. The van der Waals surface area contributed by atoms with Crippen molar-refractivity contribution in [1.29, 1.82) is 0 Å². The molecule has 6 nitrogen and oxygen atoms in total. The van der Waals surface area contributed by atoms with Crippen molar-refractivity contribution in [1.82, 2.24) is 10.2 Å². The SMILES string of the molecule is CCNc1nnc(-c2cccc([N+](=O)[O-])c2)s1. The highest BCUT2D eigenvalue weighted by molar-refractivity contribution is 7.18. The van der Waals surface area contributed by atoms with E-state index >= 15 is 0 Å². The average molecular weight is 250 g/mol. The first-order valence-electron chi connectivity index (χ1n) is 5.03. The van der Waals surface area contributed by atoms with Gasteiger partial charge in [-0.1, -0.05) is 23.5 Å². The van der Waals surface area contributed by atoms with Crippen LogP contribution in [-0.2, 0) is 0 Å². The van der Waals surface area contributed by atoms with Gasteiger partial charge in [0, 0.05) is 24.2 Å². The van der Waals surface area contributed by atoms with Gasteiger partial charge in [0.05, 0.1) is 4.92 Å². The maximum atomic E-state index is 10.7. The van der Waals surface area contributed by atoms with Gasteiger partial charge in [0.2, 0.25) is 5.13 Å². The number of nitro benzene ring substituents is 1. The molecule has 2 aromatic rings. The molecule has 0 bridgehead atoms. The fourth-order valence-corrected chi connectivity index (χ4v) is 2.12. The zero-order valence-electron chi connectivity index (χ0n) is 9.08. The Morgan fingerprint density at radius 2 is 2.29 bits per heavy atom. The number of hydrogen-bond acceptors (Lipinski definition) is 6. The fourth-order valence-electron chi connectivity index (χ4n) is 1.32. The molecule has 0 saturated carbocycles. The molecule has 0 atom stereocenters. The number of rotatable bonds is 4. The van der Waals surface area contributed by atoms with Crippen LogP contribution < -0.4 is 5.32 Å². The van der Waals surface area contributed by atoms with Crippen LogP contribution in [0.4, 0.5) is 10.8 Å². The standard InChI is InChI=1S/C10H10N4O2S/c1-2-11-10-13-12-9(17-10)7-4-3-5-8(6-7)14(15)16/h3-6H,2H2,1H3,(H,11,13).